The summed E-state index contributed by atoms with van der Waals surface area (Å²) in [6.45, 7) is 5.30. The summed E-state index contributed by atoms with van der Waals surface area (Å²) in [6, 6.07) is 8.35. The number of carbonyl (C=O) groups is 3. The van der Waals surface area contributed by atoms with Gasteiger partial charge in [-0.3, -0.25) is 14.4 Å². The third-order valence-corrected chi connectivity index (χ3v) is 6.10. The molecule has 1 aromatic rings. The highest BCUT2D eigenvalue weighted by Gasteiger charge is 2.31. The first-order valence-electron chi connectivity index (χ1n) is 9.54. The molecule has 7 heteroatoms. The number of amides is 3. The number of hydrogen-bond acceptors (Lipinski definition) is 4. The van der Waals surface area contributed by atoms with Crippen molar-refractivity contribution in [2.45, 2.75) is 25.5 Å². The number of carbonyl (C=O) groups excluding carboxylic acids is 3. The van der Waals surface area contributed by atoms with E-state index in [9.17, 15) is 14.4 Å². The van der Waals surface area contributed by atoms with Crippen molar-refractivity contribution in [3.8, 4) is 0 Å². The summed E-state index contributed by atoms with van der Waals surface area (Å²) in [4.78, 5) is 42.0. The normalized spacial score (nSPS) is 17.3. The van der Waals surface area contributed by atoms with Gasteiger partial charge in [0, 0.05) is 45.0 Å². The zero-order chi connectivity index (χ0) is 19.2. The van der Waals surface area contributed by atoms with Crippen LogP contribution in [0.4, 0.5) is 0 Å². The van der Waals surface area contributed by atoms with E-state index in [4.69, 9.17) is 0 Å². The monoisotopic (exact) mass is 389 g/mol. The van der Waals surface area contributed by atoms with Crippen LogP contribution >= 0.6 is 11.8 Å². The summed E-state index contributed by atoms with van der Waals surface area (Å²) in [5.41, 5.74) is 2.45. The van der Waals surface area contributed by atoms with E-state index in [0.29, 0.717) is 45.0 Å². The van der Waals surface area contributed by atoms with Gasteiger partial charge in [0.25, 0.3) is 0 Å². The van der Waals surface area contributed by atoms with Crippen LogP contribution in [0.5, 0.6) is 0 Å². The number of piperazine rings is 1. The van der Waals surface area contributed by atoms with E-state index < -0.39 is 5.91 Å². The molecular weight excluding hydrogens is 362 g/mol. The minimum absolute atomic E-state index is 0.102. The van der Waals surface area contributed by atoms with Crippen LogP contribution in [0.1, 0.15) is 24.0 Å². The van der Waals surface area contributed by atoms with Gasteiger partial charge in [-0.05, 0) is 25.3 Å². The summed E-state index contributed by atoms with van der Waals surface area (Å²) < 4.78 is 0. The molecule has 3 amide bonds. The second kappa shape index (κ2) is 9.26. The molecule has 2 aliphatic rings. The number of hydrogen-bond donors (Lipinski definition) is 0. The van der Waals surface area contributed by atoms with Crippen LogP contribution in [-0.2, 0) is 20.1 Å². The Hall–Kier alpha value is -2.02. The van der Waals surface area contributed by atoms with Gasteiger partial charge >= 0.3 is 11.8 Å². The lowest BCUT2D eigenvalue weighted by Gasteiger charge is -2.35. The molecule has 0 aliphatic carbocycles. The van der Waals surface area contributed by atoms with Gasteiger partial charge in [-0.15, -0.1) is 11.8 Å². The molecule has 1 aromatic carbocycles. The van der Waals surface area contributed by atoms with Crippen molar-refractivity contribution >= 4 is 29.5 Å². The molecule has 0 spiro atoms. The molecule has 146 valence electrons. The van der Waals surface area contributed by atoms with Crippen LogP contribution in [0.3, 0.4) is 0 Å². The number of nitrogens with zero attached hydrogens (tertiary/aromatic N) is 3. The van der Waals surface area contributed by atoms with Gasteiger partial charge in [0.1, 0.15) is 0 Å². The highest BCUT2D eigenvalue weighted by Crippen LogP contribution is 2.15. The average Bonchev–Trinajstić information content (AvgIpc) is 3.23. The Labute approximate surface area is 164 Å². The minimum atomic E-state index is -0.419. The Kier molecular flexibility index (Phi) is 6.77. The van der Waals surface area contributed by atoms with Gasteiger partial charge in [0.2, 0.25) is 5.91 Å². The van der Waals surface area contributed by atoms with E-state index >= 15 is 0 Å². The van der Waals surface area contributed by atoms with Crippen molar-refractivity contribution in [3.05, 3.63) is 35.4 Å². The van der Waals surface area contributed by atoms with Crippen LogP contribution in [-0.4, -0.2) is 77.4 Å². The van der Waals surface area contributed by atoms with Crippen LogP contribution in [0.2, 0.25) is 0 Å². The number of likely N-dealkylation sites (tertiary alicyclic amines) is 1. The van der Waals surface area contributed by atoms with Crippen molar-refractivity contribution in [1.29, 1.82) is 0 Å². The SMILES string of the molecule is Cc1ccc(CSCC(=O)N2CCN(C(=O)C(=O)N3CCCC3)CC2)cc1. The molecule has 0 unspecified atom stereocenters. The van der Waals surface area contributed by atoms with E-state index in [-0.39, 0.29) is 11.8 Å². The third kappa shape index (κ3) is 5.25. The number of benzene rings is 1. The van der Waals surface area contributed by atoms with Crippen molar-refractivity contribution < 1.29 is 14.4 Å². The molecule has 2 heterocycles. The lowest BCUT2D eigenvalue weighted by molar-refractivity contribution is -0.152. The fourth-order valence-electron chi connectivity index (χ4n) is 3.38. The molecule has 3 rings (SSSR count). The Bertz CT molecular complexity index is 678. The maximum atomic E-state index is 12.4. The van der Waals surface area contributed by atoms with Crippen molar-refractivity contribution in [2.75, 3.05) is 45.0 Å². The molecular formula is C20H27N3O3S. The van der Waals surface area contributed by atoms with Gasteiger partial charge in [0.05, 0.1) is 5.75 Å². The molecule has 2 saturated heterocycles. The first-order chi connectivity index (χ1) is 13.0. The molecule has 6 nitrogen and oxygen atoms in total. The molecule has 0 N–H and O–H groups in total. The minimum Gasteiger partial charge on any atom is -0.338 e. The average molecular weight is 390 g/mol. The highest BCUT2D eigenvalue weighted by atomic mass is 32.2. The quantitative estimate of drug-likeness (QED) is 0.733. The fraction of sp³-hybridized carbons (Fsp3) is 0.550. The van der Waals surface area contributed by atoms with Crippen molar-refractivity contribution in [1.82, 2.24) is 14.7 Å². The Morgan fingerprint density at radius 3 is 1.93 bits per heavy atom. The van der Waals surface area contributed by atoms with E-state index in [1.54, 1.807) is 26.5 Å². The second-order valence-electron chi connectivity index (χ2n) is 7.15. The van der Waals surface area contributed by atoms with Crippen LogP contribution in [0.25, 0.3) is 0 Å². The van der Waals surface area contributed by atoms with Gasteiger partial charge in [0.15, 0.2) is 0 Å². The molecule has 0 bridgehead atoms. The number of aryl methyl sites for hydroxylation is 1. The topological polar surface area (TPSA) is 60.9 Å². The van der Waals surface area contributed by atoms with E-state index in [2.05, 4.69) is 31.2 Å². The molecule has 2 fully saturated rings. The Morgan fingerprint density at radius 2 is 1.33 bits per heavy atom. The first kappa shape index (κ1) is 19.7. The summed E-state index contributed by atoms with van der Waals surface area (Å²) in [6.07, 6.45) is 1.95. The maximum absolute atomic E-state index is 12.4. The fourth-order valence-corrected chi connectivity index (χ4v) is 4.27. The smallest absolute Gasteiger partial charge is 0.312 e. The predicted molar refractivity (Wildman–Crippen MR) is 106 cm³/mol. The number of rotatable bonds is 4. The molecule has 27 heavy (non-hydrogen) atoms. The van der Waals surface area contributed by atoms with Gasteiger partial charge < -0.3 is 14.7 Å². The predicted octanol–water partition coefficient (Wildman–Crippen LogP) is 1.52. The lowest BCUT2D eigenvalue weighted by atomic mass is 10.2. The van der Waals surface area contributed by atoms with Crippen LogP contribution in [0, 0.1) is 6.92 Å². The van der Waals surface area contributed by atoms with Gasteiger partial charge in [-0.2, -0.15) is 0 Å². The second-order valence-corrected chi connectivity index (χ2v) is 8.14. The summed E-state index contributed by atoms with van der Waals surface area (Å²) in [5, 5.41) is 0. The summed E-state index contributed by atoms with van der Waals surface area (Å²) in [5.74, 6) is 0.548. The first-order valence-corrected chi connectivity index (χ1v) is 10.7. The largest absolute Gasteiger partial charge is 0.338 e. The highest BCUT2D eigenvalue weighted by molar-refractivity contribution is 7.99. The number of thioether (sulfide) groups is 1. The van der Waals surface area contributed by atoms with Crippen molar-refractivity contribution in [2.24, 2.45) is 0 Å². The third-order valence-electron chi connectivity index (χ3n) is 5.11. The molecule has 0 saturated carbocycles. The van der Waals surface area contributed by atoms with Crippen LogP contribution < -0.4 is 0 Å². The van der Waals surface area contributed by atoms with Crippen LogP contribution in [0.15, 0.2) is 24.3 Å². The van der Waals surface area contributed by atoms with E-state index in [0.717, 1.165) is 18.6 Å². The van der Waals surface area contributed by atoms with Gasteiger partial charge in [-0.1, -0.05) is 29.8 Å². The molecule has 2 aliphatic heterocycles. The molecule has 0 atom stereocenters. The summed E-state index contributed by atoms with van der Waals surface area (Å²) in [7, 11) is 0. The van der Waals surface area contributed by atoms with E-state index in [1.165, 1.54) is 11.1 Å². The van der Waals surface area contributed by atoms with Crippen molar-refractivity contribution in [3.63, 3.8) is 0 Å². The standard InChI is InChI=1S/C20H27N3O3S/c1-16-4-6-17(7-5-16)14-27-15-18(24)21-10-12-23(13-11-21)20(26)19(25)22-8-2-3-9-22/h4-7H,2-3,8-15H2,1H3. The summed E-state index contributed by atoms with van der Waals surface area (Å²) >= 11 is 1.61. The zero-order valence-electron chi connectivity index (χ0n) is 15.9. The zero-order valence-corrected chi connectivity index (χ0v) is 16.7. The Balaban J connectivity index is 1.39. The maximum Gasteiger partial charge on any atom is 0.312 e. The molecule has 0 radical (unpaired) electrons. The lowest BCUT2D eigenvalue weighted by Crippen LogP contribution is -2.54. The molecule has 0 aromatic heterocycles. The Morgan fingerprint density at radius 1 is 0.815 bits per heavy atom. The van der Waals surface area contributed by atoms with Gasteiger partial charge in [-0.25, -0.2) is 0 Å². The van der Waals surface area contributed by atoms with E-state index in [1.807, 2.05) is 0 Å².